The predicted molar refractivity (Wildman–Crippen MR) is 130 cm³/mol. The number of amides is 3. The molecule has 4 rings (SSSR count). The molecule has 0 bridgehead atoms. The summed E-state index contributed by atoms with van der Waals surface area (Å²) in [5.74, 6) is 1.14. The SMILES string of the molecule is COCCCNC(=O)N1C[C@@H]2CCCN3CCC[C@@H]([C@H]23)[C@H]1CCCC(=O)Nc1ccccc1. The van der Waals surface area contributed by atoms with Gasteiger partial charge in [-0.25, -0.2) is 4.79 Å². The molecule has 33 heavy (non-hydrogen) atoms. The second kappa shape index (κ2) is 11.8. The lowest BCUT2D eigenvalue weighted by atomic mass is 9.69. The van der Waals surface area contributed by atoms with E-state index in [1.807, 2.05) is 30.3 Å². The monoisotopic (exact) mass is 456 g/mol. The van der Waals surface area contributed by atoms with Gasteiger partial charge in [0.2, 0.25) is 5.91 Å². The zero-order chi connectivity index (χ0) is 23.0. The van der Waals surface area contributed by atoms with Crippen molar-refractivity contribution in [1.29, 1.82) is 0 Å². The number of carbonyl (C=O) groups excluding carboxylic acids is 2. The summed E-state index contributed by atoms with van der Waals surface area (Å²) in [5, 5.41) is 6.12. The van der Waals surface area contributed by atoms with Crippen LogP contribution in [0.25, 0.3) is 0 Å². The Labute approximate surface area is 198 Å². The van der Waals surface area contributed by atoms with Crippen LogP contribution in [-0.2, 0) is 9.53 Å². The molecule has 3 aliphatic rings. The lowest BCUT2D eigenvalue weighted by Gasteiger charge is -2.57. The van der Waals surface area contributed by atoms with Crippen molar-refractivity contribution in [3.8, 4) is 0 Å². The van der Waals surface area contributed by atoms with Crippen molar-refractivity contribution in [2.45, 2.75) is 63.5 Å². The summed E-state index contributed by atoms with van der Waals surface area (Å²) in [5.41, 5.74) is 0.838. The highest BCUT2D eigenvalue weighted by Gasteiger charge is 2.49. The molecule has 3 heterocycles. The van der Waals surface area contributed by atoms with E-state index in [9.17, 15) is 9.59 Å². The number of rotatable bonds is 9. The van der Waals surface area contributed by atoms with Crippen molar-refractivity contribution in [1.82, 2.24) is 15.1 Å². The number of benzene rings is 1. The fourth-order valence-corrected chi connectivity index (χ4v) is 6.33. The average Bonchev–Trinajstić information content (AvgIpc) is 2.83. The molecule has 2 N–H and O–H groups in total. The Hall–Kier alpha value is -2.12. The van der Waals surface area contributed by atoms with Gasteiger partial charge in [0.25, 0.3) is 0 Å². The standard InChI is InChI=1S/C26H40N4O3/c1-33-18-8-15-27-26(32)30-19-20-9-6-16-29-17-7-12-22(25(20)29)23(30)13-5-14-24(31)28-21-10-3-2-4-11-21/h2-4,10-11,20,22-23,25H,5-9,12-19H2,1H3,(H,27,32)(H,28,31)/t20-,22+,23+,25-/m0/s1. The molecule has 1 aromatic rings. The van der Waals surface area contributed by atoms with Crippen LogP contribution in [-0.4, -0.2) is 73.7 Å². The second-order valence-corrected chi connectivity index (χ2v) is 9.84. The van der Waals surface area contributed by atoms with Crippen LogP contribution in [0, 0.1) is 11.8 Å². The molecule has 0 aromatic heterocycles. The van der Waals surface area contributed by atoms with Crippen molar-refractivity contribution >= 4 is 17.6 Å². The Morgan fingerprint density at radius 3 is 2.67 bits per heavy atom. The Morgan fingerprint density at radius 1 is 1.09 bits per heavy atom. The fourth-order valence-electron chi connectivity index (χ4n) is 6.33. The van der Waals surface area contributed by atoms with Crippen LogP contribution >= 0.6 is 0 Å². The number of urea groups is 1. The van der Waals surface area contributed by atoms with Crippen LogP contribution in [0.4, 0.5) is 10.5 Å². The third-order valence-corrected chi connectivity index (χ3v) is 7.70. The topological polar surface area (TPSA) is 73.9 Å². The maximum Gasteiger partial charge on any atom is 0.317 e. The minimum absolute atomic E-state index is 0.0494. The van der Waals surface area contributed by atoms with Crippen LogP contribution in [0.5, 0.6) is 0 Å². The number of ether oxygens (including phenoxy) is 1. The molecule has 3 saturated heterocycles. The zero-order valence-corrected chi connectivity index (χ0v) is 20.0. The van der Waals surface area contributed by atoms with Gasteiger partial charge in [-0.1, -0.05) is 18.2 Å². The van der Waals surface area contributed by atoms with Gasteiger partial charge in [0.05, 0.1) is 0 Å². The van der Waals surface area contributed by atoms with E-state index in [2.05, 4.69) is 20.4 Å². The van der Waals surface area contributed by atoms with Crippen molar-refractivity contribution in [2.24, 2.45) is 11.8 Å². The van der Waals surface area contributed by atoms with Crippen molar-refractivity contribution in [2.75, 3.05) is 45.2 Å². The number of carbonyl (C=O) groups is 2. The molecule has 0 radical (unpaired) electrons. The summed E-state index contributed by atoms with van der Waals surface area (Å²) >= 11 is 0. The third kappa shape index (κ3) is 6.07. The molecule has 3 aliphatic heterocycles. The quantitative estimate of drug-likeness (QED) is 0.556. The summed E-state index contributed by atoms with van der Waals surface area (Å²) in [6.45, 7) is 4.54. The van der Waals surface area contributed by atoms with E-state index in [0.29, 0.717) is 37.5 Å². The third-order valence-electron chi connectivity index (χ3n) is 7.70. The highest BCUT2D eigenvalue weighted by Crippen LogP contribution is 2.43. The van der Waals surface area contributed by atoms with Crippen LogP contribution in [0.3, 0.4) is 0 Å². The second-order valence-electron chi connectivity index (χ2n) is 9.84. The van der Waals surface area contributed by atoms with Gasteiger partial charge in [-0.05, 0) is 82.0 Å². The van der Waals surface area contributed by atoms with Crippen LogP contribution in [0.2, 0.25) is 0 Å². The normalized spacial score (nSPS) is 27.0. The van der Waals surface area contributed by atoms with Crippen molar-refractivity contribution in [3.63, 3.8) is 0 Å². The van der Waals surface area contributed by atoms with E-state index in [4.69, 9.17) is 4.74 Å². The number of para-hydroxylation sites is 1. The van der Waals surface area contributed by atoms with Crippen LogP contribution in [0.15, 0.2) is 30.3 Å². The summed E-state index contributed by atoms with van der Waals surface area (Å²) in [6, 6.07) is 10.5. The van der Waals surface area contributed by atoms with Crippen LogP contribution < -0.4 is 10.6 Å². The Balaban J connectivity index is 1.39. The van der Waals surface area contributed by atoms with Crippen molar-refractivity contribution < 1.29 is 14.3 Å². The molecule has 3 fully saturated rings. The molecule has 0 spiro atoms. The molecule has 7 heteroatoms. The molecule has 3 amide bonds. The number of hydrogen-bond acceptors (Lipinski definition) is 4. The van der Waals surface area contributed by atoms with Gasteiger partial charge >= 0.3 is 6.03 Å². The van der Waals surface area contributed by atoms with Gasteiger partial charge in [-0.15, -0.1) is 0 Å². The number of hydrogen-bond donors (Lipinski definition) is 2. The lowest BCUT2D eigenvalue weighted by molar-refractivity contribution is -0.116. The summed E-state index contributed by atoms with van der Waals surface area (Å²) in [4.78, 5) is 30.5. The minimum Gasteiger partial charge on any atom is -0.385 e. The first-order valence-corrected chi connectivity index (χ1v) is 12.8. The highest BCUT2D eigenvalue weighted by atomic mass is 16.5. The lowest BCUT2D eigenvalue weighted by Crippen LogP contribution is -2.66. The first kappa shape index (κ1) is 24.0. The minimum atomic E-state index is 0.0494. The molecule has 4 atom stereocenters. The Kier molecular flexibility index (Phi) is 8.62. The number of methoxy groups -OCH3 is 1. The predicted octanol–water partition coefficient (Wildman–Crippen LogP) is 3.72. The first-order valence-electron chi connectivity index (χ1n) is 12.8. The van der Waals surface area contributed by atoms with Gasteiger partial charge in [0, 0.05) is 51.0 Å². The average molecular weight is 457 g/mol. The maximum atomic E-state index is 13.2. The smallest absolute Gasteiger partial charge is 0.317 e. The first-order chi connectivity index (χ1) is 16.2. The summed E-state index contributed by atoms with van der Waals surface area (Å²) in [6.07, 6.45) is 7.84. The van der Waals surface area contributed by atoms with E-state index in [-0.39, 0.29) is 18.0 Å². The molecule has 7 nitrogen and oxygen atoms in total. The molecule has 182 valence electrons. The number of likely N-dealkylation sites (tertiary alicyclic amines) is 1. The van der Waals surface area contributed by atoms with Crippen molar-refractivity contribution in [3.05, 3.63) is 30.3 Å². The van der Waals surface area contributed by atoms with Gasteiger partial charge in [-0.2, -0.15) is 0 Å². The Bertz CT molecular complexity index is 772. The summed E-state index contributed by atoms with van der Waals surface area (Å²) in [7, 11) is 1.69. The molecular formula is C26H40N4O3. The van der Waals surface area contributed by atoms with Gasteiger partial charge in [-0.3, -0.25) is 9.69 Å². The molecular weight excluding hydrogens is 416 g/mol. The van der Waals surface area contributed by atoms with E-state index in [1.54, 1.807) is 7.11 Å². The Morgan fingerprint density at radius 2 is 1.88 bits per heavy atom. The molecule has 0 aliphatic carbocycles. The van der Waals surface area contributed by atoms with E-state index in [0.717, 1.165) is 31.5 Å². The van der Waals surface area contributed by atoms with E-state index >= 15 is 0 Å². The van der Waals surface area contributed by atoms with Gasteiger partial charge in [0.1, 0.15) is 0 Å². The van der Waals surface area contributed by atoms with E-state index < -0.39 is 0 Å². The summed E-state index contributed by atoms with van der Waals surface area (Å²) < 4.78 is 5.12. The van der Waals surface area contributed by atoms with Crippen LogP contribution in [0.1, 0.15) is 51.4 Å². The number of nitrogens with zero attached hydrogens (tertiary/aromatic N) is 2. The maximum absolute atomic E-state index is 13.2. The zero-order valence-electron chi connectivity index (χ0n) is 20.0. The molecule has 1 aromatic carbocycles. The van der Waals surface area contributed by atoms with Gasteiger partial charge < -0.3 is 20.3 Å². The number of piperidine rings is 3. The molecule has 0 saturated carbocycles. The van der Waals surface area contributed by atoms with E-state index in [1.165, 1.54) is 38.8 Å². The highest BCUT2D eigenvalue weighted by molar-refractivity contribution is 5.90. The fraction of sp³-hybridized carbons (Fsp3) is 0.692. The number of nitrogens with one attached hydrogen (secondary N) is 2. The number of anilines is 1. The van der Waals surface area contributed by atoms with Gasteiger partial charge in [0.15, 0.2) is 0 Å². The molecule has 0 unspecified atom stereocenters. The largest absolute Gasteiger partial charge is 0.385 e.